The molecular formula is C17H16N6O. The molecule has 1 amide bonds. The maximum atomic E-state index is 11.8. The molecule has 0 bridgehead atoms. The van der Waals surface area contributed by atoms with Crippen molar-refractivity contribution < 1.29 is 4.79 Å². The summed E-state index contributed by atoms with van der Waals surface area (Å²) in [4.78, 5) is 29.1. The fourth-order valence-electron chi connectivity index (χ4n) is 2.21. The third kappa shape index (κ3) is 3.17. The molecule has 0 saturated heterocycles. The Hall–Kier alpha value is -3.40. The molecule has 3 aromatic rings. The highest BCUT2D eigenvalue weighted by atomic mass is 16.2. The molecule has 0 aliphatic heterocycles. The molecule has 0 fully saturated rings. The van der Waals surface area contributed by atoms with Gasteiger partial charge in [-0.1, -0.05) is 12.1 Å². The molecule has 1 aromatic carbocycles. The second-order valence-electron chi connectivity index (χ2n) is 5.43. The van der Waals surface area contributed by atoms with Gasteiger partial charge in [-0.25, -0.2) is 9.97 Å². The number of anilines is 2. The van der Waals surface area contributed by atoms with Crippen molar-refractivity contribution in [2.75, 3.05) is 19.4 Å². The highest BCUT2D eigenvalue weighted by Gasteiger charge is 2.10. The number of hydrogen-bond donors (Lipinski definition) is 2. The van der Waals surface area contributed by atoms with E-state index in [0.717, 1.165) is 11.3 Å². The lowest BCUT2D eigenvalue weighted by Gasteiger charge is -2.11. The number of aromatic amines is 1. The molecular weight excluding hydrogens is 304 g/mol. The summed E-state index contributed by atoms with van der Waals surface area (Å²) in [5.74, 6) is 2.92. The Kier molecular flexibility index (Phi) is 4.12. The van der Waals surface area contributed by atoms with E-state index < -0.39 is 0 Å². The predicted octanol–water partition coefficient (Wildman–Crippen LogP) is 1.71. The van der Waals surface area contributed by atoms with Gasteiger partial charge in [-0.05, 0) is 23.6 Å². The van der Waals surface area contributed by atoms with Crippen LogP contribution in [0, 0.1) is 12.3 Å². The number of aromatic nitrogens is 4. The summed E-state index contributed by atoms with van der Waals surface area (Å²) in [6, 6.07) is 7.53. The van der Waals surface area contributed by atoms with Crippen LogP contribution < -0.4 is 5.32 Å². The van der Waals surface area contributed by atoms with Crippen LogP contribution >= 0.6 is 0 Å². The summed E-state index contributed by atoms with van der Waals surface area (Å²) in [6.45, 7) is 0. The van der Waals surface area contributed by atoms with Gasteiger partial charge in [-0.15, -0.1) is 6.42 Å². The summed E-state index contributed by atoms with van der Waals surface area (Å²) in [5.41, 5.74) is 3.25. The minimum atomic E-state index is 0.0379. The summed E-state index contributed by atoms with van der Waals surface area (Å²) in [5, 5.41) is 3.11. The Balaban J connectivity index is 1.86. The van der Waals surface area contributed by atoms with Crippen LogP contribution in [-0.4, -0.2) is 44.8 Å². The van der Waals surface area contributed by atoms with Crippen molar-refractivity contribution in [1.29, 1.82) is 0 Å². The number of carbonyl (C=O) groups is 1. The summed E-state index contributed by atoms with van der Waals surface area (Å²) >= 11 is 0. The summed E-state index contributed by atoms with van der Waals surface area (Å²) in [6.07, 6.45) is 7.34. The van der Waals surface area contributed by atoms with Crippen molar-refractivity contribution in [1.82, 2.24) is 24.8 Å². The monoisotopic (exact) mass is 320 g/mol. The predicted molar refractivity (Wildman–Crippen MR) is 91.7 cm³/mol. The second kappa shape index (κ2) is 6.38. The molecule has 24 heavy (non-hydrogen) atoms. The standard InChI is InChI=1S/C17H16N6O/c1-4-13-15-16(19-10-18-15)22-17(21-13)20-12-7-5-6-11(8-12)9-14(24)23(2)3/h1,5-8,10H,9H2,2-3H3,(H2,18,19,20,21,22). The average Bonchev–Trinajstić information content (AvgIpc) is 3.02. The SMILES string of the molecule is C#Cc1nc(Nc2cccc(CC(=O)N(C)C)c2)nc2nc[nH]c12. The number of imidazole rings is 1. The third-order valence-corrected chi connectivity index (χ3v) is 3.46. The largest absolute Gasteiger partial charge is 0.349 e. The number of terminal acetylenes is 1. The van der Waals surface area contributed by atoms with Crippen LogP contribution in [0.2, 0.25) is 0 Å². The lowest BCUT2D eigenvalue weighted by atomic mass is 10.1. The average molecular weight is 320 g/mol. The van der Waals surface area contributed by atoms with Crippen LogP contribution in [0.3, 0.4) is 0 Å². The number of carbonyl (C=O) groups excluding carboxylic acids is 1. The summed E-state index contributed by atoms with van der Waals surface area (Å²) in [7, 11) is 3.47. The Morgan fingerprint density at radius 2 is 2.21 bits per heavy atom. The van der Waals surface area contributed by atoms with E-state index in [1.165, 1.54) is 6.33 Å². The van der Waals surface area contributed by atoms with Crippen molar-refractivity contribution in [3.8, 4) is 12.3 Å². The first kappa shape index (κ1) is 15.5. The molecule has 0 atom stereocenters. The number of nitrogens with one attached hydrogen (secondary N) is 2. The van der Waals surface area contributed by atoms with Crippen molar-refractivity contribution in [2.45, 2.75) is 6.42 Å². The number of benzene rings is 1. The minimum Gasteiger partial charge on any atom is -0.349 e. The van der Waals surface area contributed by atoms with Crippen LogP contribution in [0.15, 0.2) is 30.6 Å². The van der Waals surface area contributed by atoms with E-state index in [2.05, 4.69) is 31.2 Å². The number of hydrogen-bond acceptors (Lipinski definition) is 5. The van der Waals surface area contributed by atoms with Gasteiger partial charge in [-0.2, -0.15) is 4.98 Å². The molecule has 120 valence electrons. The number of amides is 1. The zero-order valence-corrected chi connectivity index (χ0v) is 13.4. The fraction of sp³-hybridized carbons (Fsp3) is 0.176. The van der Waals surface area contributed by atoms with Gasteiger partial charge in [0, 0.05) is 19.8 Å². The first-order valence-corrected chi connectivity index (χ1v) is 7.30. The number of fused-ring (bicyclic) bond motifs is 1. The maximum absolute atomic E-state index is 11.8. The number of H-pyrrole nitrogens is 1. The normalized spacial score (nSPS) is 10.4. The number of likely N-dealkylation sites (N-methyl/N-ethyl adjacent to an activating group) is 1. The van der Waals surface area contributed by atoms with Crippen LogP contribution in [0.5, 0.6) is 0 Å². The Morgan fingerprint density at radius 1 is 1.38 bits per heavy atom. The quantitative estimate of drug-likeness (QED) is 0.715. The molecule has 0 aliphatic carbocycles. The lowest BCUT2D eigenvalue weighted by Crippen LogP contribution is -2.23. The highest BCUT2D eigenvalue weighted by Crippen LogP contribution is 2.18. The van der Waals surface area contributed by atoms with E-state index in [9.17, 15) is 4.79 Å². The minimum absolute atomic E-state index is 0.0379. The van der Waals surface area contributed by atoms with Gasteiger partial charge >= 0.3 is 0 Å². The lowest BCUT2D eigenvalue weighted by molar-refractivity contribution is -0.127. The molecule has 0 saturated carbocycles. The Labute approximate surface area is 139 Å². The first-order chi connectivity index (χ1) is 11.6. The molecule has 0 spiro atoms. The Bertz CT molecular complexity index is 938. The maximum Gasteiger partial charge on any atom is 0.230 e. The van der Waals surface area contributed by atoms with Gasteiger partial charge < -0.3 is 15.2 Å². The van der Waals surface area contributed by atoms with E-state index in [-0.39, 0.29) is 5.91 Å². The van der Waals surface area contributed by atoms with Gasteiger partial charge in [-0.3, -0.25) is 4.79 Å². The van der Waals surface area contributed by atoms with Crippen LogP contribution in [0.4, 0.5) is 11.6 Å². The second-order valence-corrected chi connectivity index (χ2v) is 5.43. The van der Waals surface area contributed by atoms with Crippen molar-refractivity contribution in [2.24, 2.45) is 0 Å². The van der Waals surface area contributed by atoms with Crippen molar-refractivity contribution in [3.05, 3.63) is 41.9 Å². The molecule has 2 heterocycles. The van der Waals surface area contributed by atoms with Crippen LogP contribution in [0.25, 0.3) is 11.2 Å². The van der Waals surface area contributed by atoms with Gasteiger partial charge in [0.2, 0.25) is 11.9 Å². The highest BCUT2D eigenvalue weighted by molar-refractivity contribution is 5.79. The van der Waals surface area contributed by atoms with Crippen LogP contribution in [0.1, 0.15) is 11.3 Å². The van der Waals surface area contributed by atoms with E-state index in [1.54, 1.807) is 19.0 Å². The molecule has 0 radical (unpaired) electrons. The Morgan fingerprint density at radius 3 is 2.96 bits per heavy atom. The third-order valence-electron chi connectivity index (χ3n) is 3.46. The molecule has 0 aliphatic rings. The molecule has 7 nitrogen and oxygen atoms in total. The molecule has 3 rings (SSSR count). The number of rotatable bonds is 4. The zero-order chi connectivity index (χ0) is 17.1. The van der Waals surface area contributed by atoms with Gasteiger partial charge in [0.25, 0.3) is 0 Å². The topological polar surface area (TPSA) is 86.8 Å². The van der Waals surface area contributed by atoms with Gasteiger partial charge in [0.1, 0.15) is 11.2 Å². The van der Waals surface area contributed by atoms with Gasteiger partial charge in [0.15, 0.2) is 5.65 Å². The van der Waals surface area contributed by atoms with Crippen molar-refractivity contribution in [3.63, 3.8) is 0 Å². The van der Waals surface area contributed by atoms with Crippen molar-refractivity contribution >= 4 is 28.7 Å². The fourth-order valence-corrected chi connectivity index (χ4v) is 2.21. The summed E-state index contributed by atoms with van der Waals surface area (Å²) < 4.78 is 0. The molecule has 0 unspecified atom stereocenters. The molecule has 2 aromatic heterocycles. The zero-order valence-electron chi connectivity index (χ0n) is 13.4. The van der Waals surface area contributed by atoms with Gasteiger partial charge in [0.05, 0.1) is 12.7 Å². The van der Waals surface area contributed by atoms with Crippen LogP contribution in [-0.2, 0) is 11.2 Å². The molecule has 7 heteroatoms. The first-order valence-electron chi connectivity index (χ1n) is 7.30. The van der Waals surface area contributed by atoms with E-state index in [0.29, 0.717) is 29.2 Å². The smallest absolute Gasteiger partial charge is 0.230 e. The van der Waals surface area contributed by atoms with E-state index >= 15 is 0 Å². The van der Waals surface area contributed by atoms with E-state index in [1.807, 2.05) is 24.3 Å². The number of nitrogens with zero attached hydrogens (tertiary/aromatic N) is 4. The molecule has 2 N–H and O–H groups in total. The van der Waals surface area contributed by atoms with E-state index in [4.69, 9.17) is 6.42 Å².